The molecule has 1 aliphatic heterocycles. The maximum atomic E-state index is 11.0. The molecule has 0 bridgehead atoms. The van der Waals surface area contributed by atoms with Crippen LogP contribution in [0.3, 0.4) is 0 Å². The van der Waals surface area contributed by atoms with Crippen LogP contribution in [-0.4, -0.2) is 31.7 Å². The number of ether oxygens (including phenoxy) is 1. The maximum Gasteiger partial charge on any atom is 0.221 e. The largest absolute Gasteiger partial charge is 0.379 e. The summed E-state index contributed by atoms with van der Waals surface area (Å²) >= 11 is 0. The second-order valence-electron chi connectivity index (χ2n) is 2.67. The molecule has 1 aliphatic rings. The van der Waals surface area contributed by atoms with E-state index in [4.69, 9.17) is 10.5 Å². The van der Waals surface area contributed by atoms with Crippen LogP contribution in [0.2, 0.25) is 0 Å². The summed E-state index contributed by atoms with van der Waals surface area (Å²) in [5.74, 6) is 0.0306. The summed E-state index contributed by atoms with van der Waals surface area (Å²) in [6.45, 7) is 1.82. The van der Waals surface area contributed by atoms with E-state index < -0.39 is 0 Å². The fraction of sp³-hybridized carbons (Fsp3) is 0.857. The van der Waals surface area contributed by atoms with Crippen molar-refractivity contribution in [3.8, 4) is 0 Å². The van der Waals surface area contributed by atoms with Crippen LogP contribution in [0.25, 0.3) is 0 Å². The highest BCUT2D eigenvalue weighted by Gasteiger charge is 2.16. The molecule has 1 atom stereocenters. The summed E-state index contributed by atoms with van der Waals surface area (Å²) in [5.41, 5.74) is 5.21. The second-order valence-corrected chi connectivity index (χ2v) is 2.67. The molecule has 3 N–H and O–H groups in total. The van der Waals surface area contributed by atoms with E-state index in [-0.39, 0.29) is 11.9 Å². The molecule has 1 amide bonds. The normalized spacial score (nSPS) is 23.5. The van der Waals surface area contributed by atoms with Gasteiger partial charge in [0.1, 0.15) is 0 Å². The van der Waals surface area contributed by atoms with Crippen molar-refractivity contribution in [2.24, 2.45) is 5.73 Å². The zero-order valence-corrected chi connectivity index (χ0v) is 6.51. The van der Waals surface area contributed by atoms with Crippen LogP contribution < -0.4 is 11.1 Å². The van der Waals surface area contributed by atoms with Crippen LogP contribution >= 0.6 is 0 Å². The molecule has 0 spiro atoms. The first-order valence-electron chi connectivity index (χ1n) is 3.90. The molecule has 0 radical (unpaired) electrons. The van der Waals surface area contributed by atoms with Crippen molar-refractivity contribution >= 4 is 5.91 Å². The Hall–Kier alpha value is -0.610. The monoisotopic (exact) mass is 158 g/mol. The third-order valence-electron chi connectivity index (χ3n) is 1.67. The van der Waals surface area contributed by atoms with Gasteiger partial charge in [0.05, 0.1) is 12.6 Å². The SMILES string of the molecule is NCCC(=O)NC1CCOC1. The molecule has 1 heterocycles. The minimum absolute atomic E-state index is 0.0306. The quantitative estimate of drug-likeness (QED) is 0.567. The van der Waals surface area contributed by atoms with Gasteiger partial charge < -0.3 is 15.8 Å². The molecule has 0 aromatic heterocycles. The van der Waals surface area contributed by atoms with E-state index in [1.165, 1.54) is 0 Å². The first-order valence-corrected chi connectivity index (χ1v) is 3.90. The topological polar surface area (TPSA) is 64.4 Å². The third-order valence-corrected chi connectivity index (χ3v) is 1.67. The molecule has 4 nitrogen and oxygen atoms in total. The number of nitrogens with two attached hydrogens (primary N) is 1. The summed E-state index contributed by atoms with van der Waals surface area (Å²) in [5, 5.41) is 2.84. The lowest BCUT2D eigenvalue weighted by molar-refractivity contribution is -0.121. The highest BCUT2D eigenvalue weighted by atomic mass is 16.5. The average Bonchev–Trinajstić information content (AvgIpc) is 2.40. The molecule has 1 fully saturated rings. The Morgan fingerprint density at radius 2 is 2.55 bits per heavy atom. The first kappa shape index (κ1) is 8.49. The van der Waals surface area contributed by atoms with Crippen molar-refractivity contribution in [1.82, 2.24) is 5.32 Å². The summed E-state index contributed by atoms with van der Waals surface area (Å²) in [6.07, 6.45) is 1.34. The van der Waals surface area contributed by atoms with Crippen LogP contribution in [0.4, 0.5) is 0 Å². The molecule has 0 aliphatic carbocycles. The van der Waals surface area contributed by atoms with E-state index in [9.17, 15) is 4.79 Å². The minimum Gasteiger partial charge on any atom is -0.379 e. The van der Waals surface area contributed by atoms with Crippen molar-refractivity contribution in [1.29, 1.82) is 0 Å². The summed E-state index contributed by atoms with van der Waals surface area (Å²) in [7, 11) is 0. The van der Waals surface area contributed by atoms with Gasteiger partial charge in [0, 0.05) is 19.6 Å². The van der Waals surface area contributed by atoms with E-state index in [1.807, 2.05) is 0 Å². The molecule has 1 saturated heterocycles. The highest BCUT2D eigenvalue weighted by Crippen LogP contribution is 2.02. The van der Waals surface area contributed by atoms with E-state index in [0.29, 0.717) is 19.6 Å². The predicted octanol–water partition coefficient (Wildman–Crippen LogP) is -0.760. The molecule has 0 aromatic carbocycles. The van der Waals surface area contributed by atoms with E-state index in [1.54, 1.807) is 0 Å². The lowest BCUT2D eigenvalue weighted by Crippen LogP contribution is -2.35. The molecule has 1 rings (SSSR count). The molecule has 0 aromatic rings. The number of hydrogen-bond donors (Lipinski definition) is 2. The van der Waals surface area contributed by atoms with Gasteiger partial charge in [-0.1, -0.05) is 0 Å². The molecular weight excluding hydrogens is 144 g/mol. The average molecular weight is 158 g/mol. The fourth-order valence-electron chi connectivity index (χ4n) is 1.08. The Morgan fingerprint density at radius 1 is 1.73 bits per heavy atom. The smallest absolute Gasteiger partial charge is 0.221 e. The van der Waals surface area contributed by atoms with E-state index >= 15 is 0 Å². The van der Waals surface area contributed by atoms with Gasteiger partial charge in [0.2, 0.25) is 5.91 Å². The van der Waals surface area contributed by atoms with Crippen molar-refractivity contribution in [2.45, 2.75) is 18.9 Å². The lowest BCUT2D eigenvalue weighted by Gasteiger charge is -2.08. The number of carbonyl (C=O) groups excluding carboxylic acids is 1. The van der Waals surface area contributed by atoms with Gasteiger partial charge in [0.25, 0.3) is 0 Å². The van der Waals surface area contributed by atoms with Crippen LogP contribution in [-0.2, 0) is 9.53 Å². The Bertz CT molecular complexity index is 132. The molecule has 11 heavy (non-hydrogen) atoms. The van der Waals surface area contributed by atoms with Crippen molar-refractivity contribution in [2.75, 3.05) is 19.8 Å². The van der Waals surface area contributed by atoms with Crippen molar-refractivity contribution < 1.29 is 9.53 Å². The molecule has 1 unspecified atom stereocenters. The van der Waals surface area contributed by atoms with Crippen molar-refractivity contribution in [3.63, 3.8) is 0 Å². The molecular formula is C7H14N2O2. The van der Waals surface area contributed by atoms with Crippen LogP contribution in [0.5, 0.6) is 0 Å². The fourth-order valence-corrected chi connectivity index (χ4v) is 1.08. The van der Waals surface area contributed by atoms with Crippen LogP contribution in [0, 0.1) is 0 Å². The van der Waals surface area contributed by atoms with Gasteiger partial charge in [-0.15, -0.1) is 0 Å². The molecule has 64 valence electrons. The van der Waals surface area contributed by atoms with Gasteiger partial charge in [-0.3, -0.25) is 4.79 Å². The summed E-state index contributed by atoms with van der Waals surface area (Å²) in [6, 6.07) is 0.217. The first-order chi connectivity index (χ1) is 5.33. The Kier molecular flexibility index (Phi) is 3.32. The molecule has 4 heteroatoms. The van der Waals surface area contributed by atoms with Gasteiger partial charge in [0.15, 0.2) is 0 Å². The highest BCUT2D eigenvalue weighted by molar-refractivity contribution is 5.76. The van der Waals surface area contributed by atoms with Gasteiger partial charge in [-0.2, -0.15) is 0 Å². The predicted molar refractivity (Wildman–Crippen MR) is 41.0 cm³/mol. The number of rotatable bonds is 3. The number of nitrogens with one attached hydrogen (secondary N) is 1. The standard InChI is InChI=1S/C7H14N2O2/c8-3-1-7(10)9-6-2-4-11-5-6/h6H,1-5,8H2,(H,9,10). The zero-order chi connectivity index (χ0) is 8.10. The third kappa shape index (κ3) is 2.86. The van der Waals surface area contributed by atoms with Gasteiger partial charge in [-0.05, 0) is 6.42 Å². The number of carbonyl (C=O) groups is 1. The molecule has 0 saturated carbocycles. The van der Waals surface area contributed by atoms with Crippen LogP contribution in [0.15, 0.2) is 0 Å². The minimum atomic E-state index is 0.0306. The maximum absolute atomic E-state index is 11.0. The van der Waals surface area contributed by atoms with Crippen molar-refractivity contribution in [3.05, 3.63) is 0 Å². The van der Waals surface area contributed by atoms with E-state index in [0.717, 1.165) is 13.0 Å². The second kappa shape index (κ2) is 4.31. The number of hydrogen-bond acceptors (Lipinski definition) is 3. The Balaban J connectivity index is 2.13. The summed E-state index contributed by atoms with van der Waals surface area (Å²) < 4.78 is 5.09. The summed E-state index contributed by atoms with van der Waals surface area (Å²) in [4.78, 5) is 11.0. The Morgan fingerprint density at radius 3 is 3.09 bits per heavy atom. The van der Waals surface area contributed by atoms with E-state index in [2.05, 4.69) is 5.32 Å². The Labute approximate surface area is 66.1 Å². The number of amides is 1. The van der Waals surface area contributed by atoms with Gasteiger partial charge in [-0.25, -0.2) is 0 Å². The lowest BCUT2D eigenvalue weighted by atomic mass is 10.2. The van der Waals surface area contributed by atoms with Gasteiger partial charge >= 0.3 is 0 Å². The van der Waals surface area contributed by atoms with Crippen LogP contribution in [0.1, 0.15) is 12.8 Å². The zero-order valence-electron chi connectivity index (χ0n) is 6.51.